The molecule has 5 nitrogen and oxygen atoms in total. The number of nitrogens with zero attached hydrogens (tertiary/aromatic N) is 2. The zero-order valence-corrected chi connectivity index (χ0v) is 17.2. The largest absolute Gasteiger partial charge is 0.497 e. The van der Waals surface area contributed by atoms with Gasteiger partial charge in [-0.05, 0) is 80.7 Å². The molecule has 2 aromatic carbocycles. The van der Waals surface area contributed by atoms with Gasteiger partial charge in [0.25, 0.3) is 5.91 Å². The van der Waals surface area contributed by atoms with E-state index >= 15 is 0 Å². The van der Waals surface area contributed by atoms with Crippen LogP contribution in [0, 0.1) is 0 Å². The molecule has 2 heterocycles. The summed E-state index contributed by atoms with van der Waals surface area (Å²) in [6, 6.07) is 15.7. The summed E-state index contributed by atoms with van der Waals surface area (Å²) in [4.78, 5) is 17.6. The number of amides is 1. The highest BCUT2D eigenvalue weighted by Gasteiger charge is 2.31. The highest BCUT2D eigenvalue weighted by Crippen LogP contribution is 2.24. The summed E-state index contributed by atoms with van der Waals surface area (Å²) >= 11 is 0. The van der Waals surface area contributed by atoms with Crippen molar-refractivity contribution in [2.75, 3.05) is 33.3 Å². The second kappa shape index (κ2) is 9.31. The number of carbonyl (C=O) groups is 1. The molecule has 0 radical (unpaired) electrons. The summed E-state index contributed by atoms with van der Waals surface area (Å²) in [7, 11) is 1.66. The zero-order chi connectivity index (χ0) is 20.1. The van der Waals surface area contributed by atoms with E-state index in [0.29, 0.717) is 12.6 Å². The van der Waals surface area contributed by atoms with Crippen molar-refractivity contribution < 1.29 is 14.3 Å². The van der Waals surface area contributed by atoms with Crippen molar-refractivity contribution in [3.8, 4) is 11.5 Å². The first-order valence-electron chi connectivity index (χ1n) is 10.6. The van der Waals surface area contributed by atoms with Gasteiger partial charge in [-0.1, -0.05) is 12.1 Å². The average molecular weight is 395 g/mol. The van der Waals surface area contributed by atoms with Crippen molar-refractivity contribution >= 4 is 5.91 Å². The number of ether oxygens (including phenoxy) is 2. The fourth-order valence-corrected chi connectivity index (χ4v) is 4.34. The fraction of sp³-hybridized carbons (Fsp3) is 0.458. The minimum Gasteiger partial charge on any atom is -0.497 e. The number of likely N-dealkylation sites (tertiary alicyclic amines) is 2. The van der Waals surface area contributed by atoms with Gasteiger partial charge >= 0.3 is 0 Å². The molecule has 154 valence electrons. The maximum atomic E-state index is 13.0. The van der Waals surface area contributed by atoms with Crippen LogP contribution in [0.5, 0.6) is 11.5 Å². The normalized spacial score (nSPS) is 19.5. The van der Waals surface area contributed by atoms with Crippen LogP contribution in [-0.4, -0.2) is 55.0 Å². The van der Waals surface area contributed by atoms with Crippen molar-refractivity contribution in [2.45, 2.75) is 38.3 Å². The number of benzene rings is 2. The third-order valence-electron chi connectivity index (χ3n) is 5.95. The van der Waals surface area contributed by atoms with E-state index in [4.69, 9.17) is 9.47 Å². The van der Waals surface area contributed by atoms with E-state index in [2.05, 4.69) is 9.80 Å². The van der Waals surface area contributed by atoms with Crippen molar-refractivity contribution in [3.63, 3.8) is 0 Å². The van der Waals surface area contributed by atoms with Gasteiger partial charge in [0.05, 0.1) is 7.11 Å². The van der Waals surface area contributed by atoms with E-state index < -0.39 is 0 Å². The number of hydrogen-bond acceptors (Lipinski definition) is 4. The standard InChI is InChI=1S/C24H30N2O3/c1-28-23-8-4-6-19(16-23)18-29-22-11-9-20(10-12-22)24(27)26-15-5-7-21(26)17-25-13-2-3-14-25/h4,6,8-12,16,21H,2-3,5,7,13-15,17-18H2,1H3/t21-/m0/s1. The third-order valence-corrected chi connectivity index (χ3v) is 5.95. The van der Waals surface area contributed by atoms with Crippen molar-refractivity contribution in [1.82, 2.24) is 9.80 Å². The van der Waals surface area contributed by atoms with Gasteiger partial charge in [-0.15, -0.1) is 0 Å². The Labute approximate surface area is 173 Å². The lowest BCUT2D eigenvalue weighted by molar-refractivity contribution is 0.0708. The van der Waals surface area contributed by atoms with Gasteiger partial charge in [0.2, 0.25) is 0 Å². The van der Waals surface area contributed by atoms with Gasteiger partial charge in [-0.2, -0.15) is 0 Å². The molecule has 4 rings (SSSR count). The van der Waals surface area contributed by atoms with Gasteiger partial charge in [0.15, 0.2) is 0 Å². The van der Waals surface area contributed by atoms with E-state index in [9.17, 15) is 4.79 Å². The fourth-order valence-electron chi connectivity index (χ4n) is 4.34. The van der Waals surface area contributed by atoms with E-state index in [0.717, 1.165) is 48.6 Å². The summed E-state index contributed by atoms with van der Waals surface area (Å²) in [5.41, 5.74) is 1.79. The first-order valence-corrected chi connectivity index (χ1v) is 10.6. The molecule has 2 saturated heterocycles. The minimum absolute atomic E-state index is 0.144. The molecule has 0 bridgehead atoms. The van der Waals surface area contributed by atoms with Gasteiger partial charge in [-0.3, -0.25) is 4.79 Å². The summed E-state index contributed by atoms with van der Waals surface area (Å²) in [5.74, 6) is 1.73. The molecule has 2 aromatic rings. The Hall–Kier alpha value is -2.53. The molecule has 0 spiro atoms. The Morgan fingerprint density at radius 1 is 1.00 bits per heavy atom. The Morgan fingerprint density at radius 3 is 2.55 bits per heavy atom. The maximum absolute atomic E-state index is 13.0. The van der Waals surface area contributed by atoms with E-state index in [1.54, 1.807) is 7.11 Å². The number of hydrogen-bond donors (Lipinski definition) is 0. The van der Waals surface area contributed by atoms with Gasteiger partial charge in [0, 0.05) is 24.7 Å². The molecular formula is C24H30N2O3. The Bertz CT molecular complexity index is 815. The number of rotatable bonds is 7. The summed E-state index contributed by atoms with van der Waals surface area (Å²) < 4.78 is 11.1. The van der Waals surface area contributed by atoms with Crippen LogP contribution in [0.4, 0.5) is 0 Å². The Balaban J connectivity index is 1.34. The molecule has 2 aliphatic rings. The lowest BCUT2D eigenvalue weighted by Gasteiger charge is -2.28. The van der Waals surface area contributed by atoms with E-state index in [1.807, 2.05) is 48.5 Å². The number of carbonyl (C=O) groups excluding carboxylic acids is 1. The molecular weight excluding hydrogens is 364 g/mol. The molecule has 0 aliphatic carbocycles. The highest BCUT2D eigenvalue weighted by molar-refractivity contribution is 5.94. The van der Waals surface area contributed by atoms with E-state index in [-0.39, 0.29) is 5.91 Å². The predicted octanol–water partition coefficient (Wildman–Crippen LogP) is 3.97. The minimum atomic E-state index is 0.144. The van der Waals surface area contributed by atoms with Crippen molar-refractivity contribution in [1.29, 1.82) is 0 Å². The molecule has 2 aliphatic heterocycles. The zero-order valence-electron chi connectivity index (χ0n) is 17.2. The molecule has 0 aromatic heterocycles. The molecule has 29 heavy (non-hydrogen) atoms. The lowest BCUT2D eigenvalue weighted by Crippen LogP contribution is -2.42. The van der Waals surface area contributed by atoms with E-state index in [1.165, 1.54) is 25.9 Å². The molecule has 1 atom stereocenters. The maximum Gasteiger partial charge on any atom is 0.254 e. The molecule has 1 amide bonds. The molecule has 0 unspecified atom stereocenters. The summed E-state index contributed by atoms with van der Waals surface area (Å²) in [6.07, 6.45) is 4.80. The highest BCUT2D eigenvalue weighted by atomic mass is 16.5. The van der Waals surface area contributed by atoms with Crippen LogP contribution >= 0.6 is 0 Å². The van der Waals surface area contributed by atoms with Crippen molar-refractivity contribution in [2.24, 2.45) is 0 Å². The lowest BCUT2D eigenvalue weighted by atomic mass is 10.1. The monoisotopic (exact) mass is 394 g/mol. The Kier molecular flexibility index (Phi) is 6.35. The van der Waals surface area contributed by atoms with Crippen LogP contribution in [0.25, 0.3) is 0 Å². The third kappa shape index (κ3) is 4.91. The number of methoxy groups -OCH3 is 1. The smallest absolute Gasteiger partial charge is 0.254 e. The summed E-state index contributed by atoms with van der Waals surface area (Å²) in [6.45, 7) is 4.71. The first-order chi connectivity index (χ1) is 14.2. The quantitative estimate of drug-likeness (QED) is 0.713. The van der Waals surface area contributed by atoms with Gasteiger partial charge < -0.3 is 19.3 Å². The molecule has 5 heteroatoms. The Morgan fingerprint density at radius 2 is 1.79 bits per heavy atom. The summed E-state index contributed by atoms with van der Waals surface area (Å²) in [5, 5.41) is 0. The van der Waals surface area contributed by atoms with Crippen molar-refractivity contribution in [3.05, 3.63) is 59.7 Å². The first kappa shape index (κ1) is 19.8. The van der Waals surface area contributed by atoms with Gasteiger partial charge in [0.1, 0.15) is 18.1 Å². The van der Waals surface area contributed by atoms with Crippen LogP contribution in [0.2, 0.25) is 0 Å². The predicted molar refractivity (Wildman–Crippen MR) is 114 cm³/mol. The SMILES string of the molecule is COc1cccc(COc2ccc(C(=O)N3CCC[C@H]3CN3CCCC3)cc2)c1. The van der Waals surface area contributed by atoms with Crippen LogP contribution in [-0.2, 0) is 6.61 Å². The molecule has 0 N–H and O–H groups in total. The molecule has 2 fully saturated rings. The van der Waals surface area contributed by atoms with Crippen LogP contribution in [0.1, 0.15) is 41.6 Å². The van der Waals surface area contributed by atoms with Gasteiger partial charge in [-0.25, -0.2) is 0 Å². The second-order valence-electron chi connectivity index (χ2n) is 7.97. The second-order valence-corrected chi connectivity index (χ2v) is 7.97. The van der Waals surface area contributed by atoms with Crippen LogP contribution < -0.4 is 9.47 Å². The molecule has 0 saturated carbocycles. The average Bonchev–Trinajstić information content (AvgIpc) is 3.45. The van der Waals surface area contributed by atoms with Crippen LogP contribution in [0.3, 0.4) is 0 Å². The van der Waals surface area contributed by atoms with Crippen LogP contribution in [0.15, 0.2) is 48.5 Å². The topological polar surface area (TPSA) is 42.0 Å².